The van der Waals surface area contributed by atoms with E-state index in [4.69, 9.17) is 4.74 Å². The first kappa shape index (κ1) is 10.8. The molecular weight excluding hydrogens is 219 g/mol. The Labute approximate surface area is 101 Å². The summed E-state index contributed by atoms with van der Waals surface area (Å²) in [5.41, 5.74) is 1.16. The molecule has 0 aromatic carbocycles. The first-order chi connectivity index (χ1) is 8.16. The number of fused-ring (bicyclic) bond motifs is 3. The molecule has 2 aliphatic rings. The van der Waals surface area contributed by atoms with Gasteiger partial charge in [0.15, 0.2) is 11.6 Å². The van der Waals surface area contributed by atoms with Gasteiger partial charge in [-0.25, -0.2) is 9.37 Å². The molecule has 0 bridgehead atoms. The smallest absolute Gasteiger partial charge is 0.172 e. The summed E-state index contributed by atoms with van der Waals surface area (Å²) in [6.07, 6.45) is 1.61. The van der Waals surface area contributed by atoms with Crippen LogP contribution in [0.3, 0.4) is 0 Å². The number of hydrogen-bond acceptors (Lipinski definition) is 3. The third-order valence-electron chi connectivity index (χ3n) is 3.59. The number of alkyl halides is 1. The van der Waals surface area contributed by atoms with Gasteiger partial charge in [0.05, 0.1) is 12.6 Å². The van der Waals surface area contributed by atoms with Gasteiger partial charge in [-0.15, -0.1) is 0 Å². The van der Waals surface area contributed by atoms with Crippen LogP contribution in [-0.2, 0) is 0 Å². The predicted molar refractivity (Wildman–Crippen MR) is 64.5 cm³/mol. The summed E-state index contributed by atoms with van der Waals surface area (Å²) in [6, 6.07) is 2.15. The van der Waals surface area contributed by atoms with Crippen molar-refractivity contribution in [1.29, 1.82) is 0 Å². The fraction of sp³-hybridized carbons (Fsp3) is 0.615. The van der Waals surface area contributed by atoms with Crippen molar-refractivity contribution < 1.29 is 9.13 Å². The zero-order valence-electron chi connectivity index (χ0n) is 10.2. The van der Waals surface area contributed by atoms with Gasteiger partial charge in [0.25, 0.3) is 0 Å². The van der Waals surface area contributed by atoms with E-state index < -0.39 is 6.17 Å². The van der Waals surface area contributed by atoms with Crippen molar-refractivity contribution in [2.45, 2.75) is 38.4 Å². The molecule has 1 aromatic rings. The van der Waals surface area contributed by atoms with Crippen LogP contribution in [0.5, 0.6) is 5.75 Å². The van der Waals surface area contributed by atoms with Crippen LogP contribution in [0.1, 0.15) is 31.7 Å². The molecule has 3 nitrogen and oxygen atoms in total. The third-order valence-corrected chi connectivity index (χ3v) is 3.59. The van der Waals surface area contributed by atoms with Crippen LogP contribution in [0.4, 0.5) is 10.2 Å². The van der Waals surface area contributed by atoms with Crippen molar-refractivity contribution in [3.8, 4) is 5.75 Å². The predicted octanol–water partition coefficient (Wildman–Crippen LogP) is 2.51. The number of ether oxygens (including phenoxy) is 1. The molecule has 0 amide bonds. The highest BCUT2D eigenvalue weighted by atomic mass is 19.1. The Kier molecular flexibility index (Phi) is 2.45. The normalized spacial score (nSPS) is 26.7. The Hall–Kier alpha value is -1.32. The second-order valence-electron chi connectivity index (χ2n) is 5.16. The molecule has 1 aromatic heterocycles. The van der Waals surface area contributed by atoms with E-state index in [-0.39, 0.29) is 6.04 Å². The largest absolute Gasteiger partial charge is 0.487 e. The van der Waals surface area contributed by atoms with E-state index in [9.17, 15) is 4.39 Å². The van der Waals surface area contributed by atoms with E-state index in [0.717, 1.165) is 17.1 Å². The molecule has 3 rings (SSSR count). The Morgan fingerprint density at radius 1 is 1.53 bits per heavy atom. The molecule has 4 heteroatoms. The maximum atomic E-state index is 13.5. The summed E-state index contributed by atoms with van der Waals surface area (Å²) < 4.78 is 19.3. The summed E-state index contributed by atoms with van der Waals surface area (Å²) in [5.74, 6) is 2.08. The topological polar surface area (TPSA) is 25.4 Å². The van der Waals surface area contributed by atoms with E-state index in [0.29, 0.717) is 25.5 Å². The van der Waals surface area contributed by atoms with E-state index in [1.54, 1.807) is 6.20 Å². The van der Waals surface area contributed by atoms with Crippen molar-refractivity contribution in [2.24, 2.45) is 0 Å². The van der Waals surface area contributed by atoms with Gasteiger partial charge in [0.2, 0.25) is 0 Å². The molecule has 0 aliphatic carbocycles. The zero-order chi connectivity index (χ0) is 12.0. The first-order valence-electron chi connectivity index (χ1n) is 6.19. The van der Waals surface area contributed by atoms with Crippen LogP contribution in [0.2, 0.25) is 0 Å². The quantitative estimate of drug-likeness (QED) is 0.749. The molecule has 0 unspecified atom stereocenters. The minimum absolute atomic E-state index is 0.160. The van der Waals surface area contributed by atoms with Crippen molar-refractivity contribution in [2.75, 3.05) is 18.1 Å². The zero-order valence-corrected chi connectivity index (χ0v) is 10.2. The minimum Gasteiger partial charge on any atom is -0.487 e. The number of rotatable bonds is 1. The van der Waals surface area contributed by atoms with Crippen molar-refractivity contribution in [1.82, 2.24) is 4.98 Å². The molecule has 3 heterocycles. The number of anilines is 1. The lowest BCUT2D eigenvalue weighted by Crippen LogP contribution is -2.39. The second-order valence-corrected chi connectivity index (χ2v) is 5.16. The summed E-state index contributed by atoms with van der Waals surface area (Å²) >= 11 is 0. The monoisotopic (exact) mass is 236 g/mol. The van der Waals surface area contributed by atoms with Crippen LogP contribution in [0.25, 0.3) is 0 Å². The second kappa shape index (κ2) is 3.86. The molecule has 2 atom stereocenters. The highest BCUT2D eigenvalue weighted by molar-refractivity contribution is 5.60. The Bertz CT molecular complexity index is 435. The highest BCUT2D eigenvalue weighted by Gasteiger charge is 2.38. The minimum atomic E-state index is -0.751. The SMILES string of the molecule is CC(C)c1ccnc2c1OC[C@H]1C[C@@H](F)CN21. The lowest BCUT2D eigenvalue weighted by Gasteiger charge is -2.33. The molecule has 17 heavy (non-hydrogen) atoms. The van der Waals surface area contributed by atoms with Gasteiger partial charge in [-0.1, -0.05) is 13.8 Å². The van der Waals surface area contributed by atoms with Crippen molar-refractivity contribution >= 4 is 5.82 Å². The summed E-state index contributed by atoms with van der Waals surface area (Å²) in [4.78, 5) is 6.44. The molecule has 1 saturated heterocycles. The third kappa shape index (κ3) is 1.66. The fourth-order valence-corrected chi connectivity index (χ4v) is 2.72. The Balaban J connectivity index is 2.04. The van der Waals surface area contributed by atoms with Crippen LogP contribution in [0, 0.1) is 0 Å². The fourth-order valence-electron chi connectivity index (χ4n) is 2.72. The molecule has 0 spiro atoms. The maximum absolute atomic E-state index is 13.5. The molecular formula is C13H17FN2O. The van der Waals surface area contributed by atoms with Crippen molar-refractivity contribution in [3.05, 3.63) is 17.8 Å². The van der Waals surface area contributed by atoms with E-state index >= 15 is 0 Å². The van der Waals surface area contributed by atoms with Crippen LogP contribution >= 0.6 is 0 Å². The summed E-state index contributed by atoms with van der Waals surface area (Å²) in [6.45, 7) is 5.30. The number of pyridine rings is 1. The van der Waals surface area contributed by atoms with Gasteiger partial charge in [-0.05, 0) is 12.0 Å². The first-order valence-corrected chi connectivity index (χ1v) is 6.19. The Morgan fingerprint density at radius 2 is 2.35 bits per heavy atom. The maximum Gasteiger partial charge on any atom is 0.172 e. The van der Waals surface area contributed by atoms with Gasteiger partial charge >= 0.3 is 0 Å². The lowest BCUT2D eigenvalue weighted by atomic mass is 10.0. The number of halogens is 1. The van der Waals surface area contributed by atoms with Gasteiger partial charge in [0.1, 0.15) is 12.8 Å². The molecule has 92 valence electrons. The molecule has 0 N–H and O–H groups in total. The van der Waals surface area contributed by atoms with Gasteiger partial charge < -0.3 is 9.64 Å². The average Bonchev–Trinajstić information content (AvgIpc) is 2.68. The highest BCUT2D eigenvalue weighted by Crippen LogP contribution is 2.41. The number of nitrogens with zero attached hydrogens (tertiary/aromatic N) is 2. The molecule has 0 radical (unpaired) electrons. The average molecular weight is 236 g/mol. The van der Waals surface area contributed by atoms with Gasteiger partial charge in [-0.2, -0.15) is 0 Å². The molecule has 2 aliphatic heterocycles. The van der Waals surface area contributed by atoms with Crippen LogP contribution in [0.15, 0.2) is 12.3 Å². The standard InChI is InChI=1S/C13H17FN2O/c1-8(2)11-3-4-15-13-12(11)17-7-10-5-9(14)6-16(10)13/h3-4,8-10H,5-7H2,1-2H3/t9-,10-/m1/s1. The molecule has 0 saturated carbocycles. The van der Waals surface area contributed by atoms with E-state index in [1.807, 2.05) is 6.07 Å². The van der Waals surface area contributed by atoms with Gasteiger partial charge in [-0.3, -0.25) is 0 Å². The number of aromatic nitrogens is 1. The molecule has 1 fully saturated rings. The van der Waals surface area contributed by atoms with Gasteiger partial charge in [0, 0.05) is 18.2 Å². The summed E-state index contributed by atoms with van der Waals surface area (Å²) in [7, 11) is 0. The van der Waals surface area contributed by atoms with E-state index in [2.05, 4.69) is 23.7 Å². The summed E-state index contributed by atoms with van der Waals surface area (Å²) in [5, 5.41) is 0. The lowest BCUT2D eigenvalue weighted by molar-refractivity contribution is 0.258. The van der Waals surface area contributed by atoms with Crippen LogP contribution < -0.4 is 9.64 Å². The Morgan fingerprint density at radius 3 is 3.12 bits per heavy atom. The van der Waals surface area contributed by atoms with Crippen molar-refractivity contribution in [3.63, 3.8) is 0 Å². The van der Waals surface area contributed by atoms with E-state index in [1.165, 1.54) is 0 Å². The van der Waals surface area contributed by atoms with Crippen LogP contribution in [-0.4, -0.2) is 30.3 Å². The number of hydrogen-bond donors (Lipinski definition) is 0.